The fraction of sp³-hybridized carbons (Fsp3) is 0.200. The molecule has 0 radical (unpaired) electrons. The van der Waals surface area contributed by atoms with E-state index < -0.39 is 0 Å². The first-order valence-electron chi connectivity index (χ1n) is 8.09. The SMILES string of the molecule is Cc1ccccc1CNc1ccnc(N(C)Cc2ccccc2)n1. The van der Waals surface area contributed by atoms with Gasteiger partial charge in [-0.25, -0.2) is 4.98 Å². The van der Waals surface area contributed by atoms with Gasteiger partial charge in [0, 0.05) is 26.3 Å². The lowest BCUT2D eigenvalue weighted by atomic mass is 10.1. The van der Waals surface area contributed by atoms with Crippen LogP contribution in [0.25, 0.3) is 0 Å². The van der Waals surface area contributed by atoms with Crippen LogP contribution < -0.4 is 10.2 Å². The molecule has 4 nitrogen and oxygen atoms in total. The summed E-state index contributed by atoms with van der Waals surface area (Å²) in [6.45, 7) is 3.66. The molecule has 122 valence electrons. The highest BCUT2D eigenvalue weighted by atomic mass is 15.2. The lowest BCUT2D eigenvalue weighted by Crippen LogP contribution is -2.19. The van der Waals surface area contributed by atoms with Gasteiger partial charge in [-0.05, 0) is 29.7 Å². The van der Waals surface area contributed by atoms with Gasteiger partial charge in [-0.1, -0.05) is 54.6 Å². The number of aryl methyl sites for hydroxylation is 1. The van der Waals surface area contributed by atoms with Crippen LogP contribution in [-0.4, -0.2) is 17.0 Å². The molecule has 3 aromatic rings. The first-order valence-corrected chi connectivity index (χ1v) is 8.09. The van der Waals surface area contributed by atoms with E-state index in [1.54, 1.807) is 6.20 Å². The van der Waals surface area contributed by atoms with Gasteiger partial charge in [0.1, 0.15) is 5.82 Å². The molecule has 0 atom stereocenters. The molecule has 24 heavy (non-hydrogen) atoms. The van der Waals surface area contributed by atoms with Gasteiger partial charge in [0.05, 0.1) is 0 Å². The molecule has 0 unspecified atom stereocenters. The van der Waals surface area contributed by atoms with Crippen LogP contribution in [0.4, 0.5) is 11.8 Å². The van der Waals surface area contributed by atoms with Gasteiger partial charge in [-0.15, -0.1) is 0 Å². The maximum absolute atomic E-state index is 4.62. The zero-order chi connectivity index (χ0) is 16.8. The predicted octanol–water partition coefficient (Wildman–Crippen LogP) is 4.03. The van der Waals surface area contributed by atoms with Gasteiger partial charge < -0.3 is 10.2 Å². The van der Waals surface area contributed by atoms with Crippen LogP contribution in [0, 0.1) is 6.92 Å². The summed E-state index contributed by atoms with van der Waals surface area (Å²) in [5, 5.41) is 3.38. The van der Waals surface area contributed by atoms with Gasteiger partial charge in [0.15, 0.2) is 0 Å². The highest BCUT2D eigenvalue weighted by molar-refractivity contribution is 5.42. The first kappa shape index (κ1) is 16.0. The van der Waals surface area contributed by atoms with Crippen LogP contribution >= 0.6 is 0 Å². The van der Waals surface area contributed by atoms with Crippen LogP contribution in [-0.2, 0) is 13.1 Å². The Morgan fingerprint density at radius 2 is 1.71 bits per heavy atom. The van der Waals surface area contributed by atoms with E-state index in [1.807, 2.05) is 36.2 Å². The summed E-state index contributed by atoms with van der Waals surface area (Å²) in [4.78, 5) is 11.0. The average Bonchev–Trinajstić information content (AvgIpc) is 2.62. The zero-order valence-corrected chi connectivity index (χ0v) is 14.1. The van der Waals surface area contributed by atoms with Crippen LogP contribution in [0.2, 0.25) is 0 Å². The smallest absolute Gasteiger partial charge is 0.227 e. The Morgan fingerprint density at radius 1 is 0.958 bits per heavy atom. The maximum atomic E-state index is 4.62. The third-order valence-corrected chi connectivity index (χ3v) is 3.97. The summed E-state index contributed by atoms with van der Waals surface area (Å²) in [5.41, 5.74) is 3.79. The van der Waals surface area contributed by atoms with Crippen molar-refractivity contribution in [3.63, 3.8) is 0 Å². The van der Waals surface area contributed by atoms with Crippen LogP contribution in [0.1, 0.15) is 16.7 Å². The van der Waals surface area contributed by atoms with E-state index in [1.165, 1.54) is 16.7 Å². The monoisotopic (exact) mass is 318 g/mol. The molecule has 0 aliphatic rings. The molecule has 1 N–H and O–H groups in total. The lowest BCUT2D eigenvalue weighted by molar-refractivity contribution is 0.865. The Bertz CT molecular complexity index is 786. The topological polar surface area (TPSA) is 41.1 Å². The Hall–Kier alpha value is -2.88. The van der Waals surface area contributed by atoms with Crippen molar-refractivity contribution in [3.8, 4) is 0 Å². The second-order valence-corrected chi connectivity index (χ2v) is 5.86. The fourth-order valence-electron chi connectivity index (χ4n) is 2.55. The second-order valence-electron chi connectivity index (χ2n) is 5.86. The quantitative estimate of drug-likeness (QED) is 0.745. The van der Waals surface area contributed by atoms with Crippen molar-refractivity contribution >= 4 is 11.8 Å². The summed E-state index contributed by atoms with van der Waals surface area (Å²) in [7, 11) is 2.01. The van der Waals surface area contributed by atoms with Crippen molar-refractivity contribution in [3.05, 3.63) is 83.6 Å². The minimum Gasteiger partial charge on any atom is -0.366 e. The molecule has 2 aromatic carbocycles. The Morgan fingerprint density at radius 3 is 2.50 bits per heavy atom. The maximum Gasteiger partial charge on any atom is 0.227 e. The largest absolute Gasteiger partial charge is 0.366 e. The second kappa shape index (κ2) is 7.59. The van der Waals surface area contributed by atoms with Gasteiger partial charge in [-0.3, -0.25) is 0 Å². The van der Waals surface area contributed by atoms with Crippen LogP contribution in [0.3, 0.4) is 0 Å². The van der Waals surface area contributed by atoms with Crippen LogP contribution in [0.15, 0.2) is 66.9 Å². The molecule has 0 fully saturated rings. The molecule has 1 aromatic heterocycles. The third kappa shape index (κ3) is 4.10. The number of rotatable bonds is 6. The molecule has 0 amide bonds. The number of nitrogens with zero attached hydrogens (tertiary/aromatic N) is 3. The summed E-state index contributed by atoms with van der Waals surface area (Å²) in [6, 6.07) is 20.6. The molecular weight excluding hydrogens is 296 g/mol. The molecule has 0 saturated heterocycles. The molecule has 3 rings (SSSR count). The normalized spacial score (nSPS) is 10.4. The first-order chi connectivity index (χ1) is 11.7. The van der Waals surface area contributed by atoms with E-state index in [4.69, 9.17) is 0 Å². The number of nitrogens with one attached hydrogen (secondary N) is 1. The minimum absolute atomic E-state index is 0.716. The van der Waals surface area contributed by atoms with E-state index in [9.17, 15) is 0 Å². The average molecular weight is 318 g/mol. The highest BCUT2D eigenvalue weighted by Gasteiger charge is 2.06. The van der Waals surface area contributed by atoms with E-state index in [2.05, 4.69) is 58.6 Å². The fourth-order valence-corrected chi connectivity index (χ4v) is 2.55. The van der Waals surface area contributed by atoms with E-state index >= 15 is 0 Å². The van der Waals surface area contributed by atoms with Gasteiger partial charge >= 0.3 is 0 Å². The Balaban J connectivity index is 1.66. The summed E-state index contributed by atoms with van der Waals surface area (Å²) in [6.07, 6.45) is 1.80. The highest BCUT2D eigenvalue weighted by Crippen LogP contribution is 2.14. The zero-order valence-electron chi connectivity index (χ0n) is 14.1. The summed E-state index contributed by atoms with van der Waals surface area (Å²) >= 11 is 0. The number of aromatic nitrogens is 2. The van der Waals surface area contributed by atoms with Gasteiger partial charge in [-0.2, -0.15) is 4.98 Å². The van der Waals surface area contributed by atoms with E-state index in [-0.39, 0.29) is 0 Å². The van der Waals surface area contributed by atoms with Crippen molar-refractivity contribution in [1.29, 1.82) is 0 Å². The molecular formula is C20H22N4. The number of anilines is 2. The molecule has 0 aliphatic heterocycles. The van der Waals surface area contributed by atoms with Crippen molar-refractivity contribution < 1.29 is 0 Å². The Labute approximate surface area is 143 Å². The van der Waals surface area contributed by atoms with Crippen LogP contribution in [0.5, 0.6) is 0 Å². The molecule has 0 saturated carbocycles. The predicted molar refractivity (Wildman–Crippen MR) is 99.1 cm³/mol. The molecule has 0 bridgehead atoms. The van der Waals surface area contributed by atoms with Gasteiger partial charge in [0.25, 0.3) is 0 Å². The third-order valence-electron chi connectivity index (χ3n) is 3.97. The van der Waals surface area contributed by atoms with Crippen molar-refractivity contribution in [2.45, 2.75) is 20.0 Å². The molecule has 4 heteroatoms. The Kier molecular flexibility index (Phi) is 5.06. The van der Waals surface area contributed by atoms with Crippen molar-refractivity contribution in [1.82, 2.24) is 9.97 Å². The van der Waals surface area contributed by atoms with Gasteiger partial charge in [0.2, 0.25) is 5.95 Å². The van der Waals surface area contributed by atoms with E-state index in [0.29, 0.717) is 5.95 Å². The molecule has 1 heterocycles. The standard InChI is InChI=1S/C20H22N4/c1-16-8-6-7-11-18(16)14-22-19-12-13-21-20(23-19)24(2)15-17-9-4-3-5-10-17/h3-13H,14-15H2,1-2H3,(H,21,22,23). The number of benzene rings is 2. The van der Waals surface area contributed by atoms with E-state index in [0.717, 1.165) is 18.9 Å². The summed E-state index contributed by atoms with van der Waals surface area (Å²) < 4.78 is 0. The lowest BCUT2D eigenvalue weighted by Gasteiger charge is -2.18. The van der Waals surface area contributed by atoms with Crippen molar-refractivity contribution in [2.24, 2.45) is 0 Å². The number of hydrogen-bond donors (Lipinski definition) is 1. The summed E-state index contributed by atoms with van der Waals surface area (Å²) in [5.74, 6) is 1.55. The molecule has 0 spiro atoms. The molecule has 0 aliphatic carbocycles. The number of hydrogen-bond acceptors (Lipinski definition) is 4. The minimum atomic E-state index is 0.716. The van der Waals surface area contributed by atoms with Crippen molar-refractivity contribution in [2.75, 3.05) is 17.3 Å².